The first-order valence-corrected chi connectivity index (χ1v) is 12.4. The first kappa shape index (κ1) is 24.0. The van der Waals surface area contributed by atoms with Crippen LogP contribution >= 0.6 is 27.7 Å². The highest BCUT2D eigenvalue weighted by Gasteiger charge is 2.25. The summed E-state index contributed by atoms with van der Waals surface area (Å²) in [4.78, 5) is 27.4. The molecule has 0 spiro atoms. The van der Waals surface area contributed by atoms with Crippen molar-refractivity contribution in [3.63, 3.8) is 0 Å². The first-order valence-electron chi connectivity index (χ1n) is 9.36. The lowest BCUT2D eigenvalue weighted by Crippen LogP contribution is -2.23. The minimum Gasteiger partial charge on any atom is -0.490 e. The van der Waals surface area contributed by atoms with E-state index in [2.05, 4.69) is 26.2 Å². The van der Waals surface area contributed by atoms with Crippen LogP contribution in [-0.2, 0) is 19.7 Å². The van der Waals surface area contributed by atoms with Crippen LogP contribution in [-0.4, -0.2) is 32.0 Å². The Kier molecular flexibility index (Phi) is 7.42. The van der Waals surface area contributed by atoms with Crippen LogP contribution in [0.5, 0.6) is 11.5 Å². The summed E-state index contributed by atoms with van der Waals surface area (Å²) in [7, 11) is -4.10. The summed E-state index contributed by atoms with van der Waals surface area (Å²) in [5, 5.41) is 2.67. The fourth-order valence-electron chi connectivity index (χ4n) is 2.64. The molecule has 11 heteroatoms. The molecule has 1 aliphatic heterocycles. The molecule has 2 aromatic carbocycles. The zero-order valence-electron chi connectivity index (χ0n) is 17.3. The van der Waals surface area contributed by atoms with Crippen molar-refractivity contribution in [1.29, 1.82) is 0 Å². The lowest BCUT2D eigenvalue weighted by molar-refractivity contribution is -0.117. The number of aryl methyl sites for hydroxylation is 1. The molecule has 0 fully saturated rings. The summed E-state index contributed by atoms with van der Waals surface area (Å²) in [6.07, 6.45) is 1.57. The van der Waals surface area contributed by atoms with Crippen LogP contribution in [0.15, 0.2) is 55.7 Å². The molecule has 0 saturated carbocycles. The third-order valence-electron chi connectivity index (χ3n) is 4.04. The van der Waals surface area contributed by atoms with Gasteiger partial charge >= 0.3 is 10.1 Å². The van der Waals surface area contributed by atoms with Gasteiger partial charge in [-0.3, -0.25) is 9.59 Å². The second-order valence-electron chi connectivity index (χ2n) is 6.63. The number of thioether (sulfide) groups is 1. The fourth-order valence-corrected chi connectivity index (χ4v) is 5.11. The number of nitrogens with one attached hydrogen (secondary N) is 1. The lowest BCUT2D eigenvalue weighted by Gasteiger charge is -2.14. The molecule has 0 bridgehead atoms. The Hall–Kier alpha value is -2.63. The summed E-state index contributed by atoms with van der Waals surface area (Å²) < 4.78 is 36.8. The maximum Gasteiger partial charge on any atom is 0.339 e. The van der Waals surface area contributed by atoms with Gasteiger partial charge in [0.2, 0.25) is 5.91 Å². The molecule has 1 N–H and O–H groups in total. The number of halogens is 1. The largest absolute Gasteiger partial charge is 0.490 e. The number of hydrogen-bond donors (Lipinski definition) is 1. The van der Waals surface area contributed by atoms with Gasteiger partial charge < -0.3 is 14.2 Å². The standard InChI is InChI=1S/C21H19BrN2O6S2/c1-4-29-17-10-14(11-18-20(26)24-21(31-18)23-13(3)25)9-16(22)19(17)30-32(27,28)15-7-5-12(2)6-8-15/h5-11H,4H2,1-3H3,(H,23,24,25,26)/b18-11+. The van der Waals surface area contributed by atoms with Gasteiger partial charge in [0.05, 0.1) is 16.0 Å². The number of amides is 2. The summed E-state index contributed by atoms with van der Waals surface area (Å²) >= 11 is 4.36. The predicted molar refractivity (Wildman–Crippen MR) is 126 cm³/mol. The topological polar surface area (TPSA) is 111 Å². The van der Waals surface area contributed by atoms with E-state index in [4.69, 9.17) is 8.92 Å². The summed E-state index contributed by atoms with van der Waals surface area (Å²) in [6, 6.07) is 9.45. The number of ether oxygens (including phenoxy) is 1. The smallest absolute Gasteiger partial charge is 0.339 e. The van der Waals surface area contributed by atoms with Gasteiger partial charge in [-0.15, -0.1) is 0 Å². The Morgan fingerprint density at radius 2 is 1.94 bits per heavy atom. The van der Waals surface area contributed by atoms with Crippen molar-refractivity contribution in [2.24, 2.45) is 4.99 Å². The second kappa shape index (κ2) is 9.88. The van der Waals surface area contributed by atoms with Gasteiger partial charge in [0.1, 0.15) is 4.90 Å². The minimum atomic E-state index is -4.10. The molecule has 0 atom stereocenters. The number of hydrogen-bond acceptors (Lipinski definition) is 7. The molecule has 1 heterocycles. The van der Waals surface area contributed by atoms with E-state index in [0.717, 1.165) is 17.3 Å². The fraction of sp³-hybridized carbons (Fsp3) is 0.190. The molecular weight excluding hydrogens is 520 g/mol. The summed E-state index contributed by atoms with van der Waals surface area (Å²) in [6.45, 7) is 5.19. The van der Waals surface area contributed by atoms with Crippen LogP contribution in [0.1, 0.15) is 25.0 Å². The van der Waals surface area contributed by atoms with Gasteiger partial charge in [-0.05, 0) is 77.4 Å². The van der Waals surface area contributed by atoms with Crippen molar-refractivity contribution >= 4 is 60.9 Å². The predicted octanol–water partition coefficient (Wildman–Crippen LogP) is 4.03. The molecule has 32 heavy (non-hydrogen) atoms. The minimum absolute atomic E-state index is 0.00448. The Morgan fingerprint density at radius 3 is 2.56 bits per heavy atom. The van der Waals surface area contributed by atoms with E-state index < -0.39 is 16.0 Å². The van der Waals surface area contributed by atoms with Crippen molar-refractivity contribution in [3.8, 4) is 11.5 Å². The molecule has 0 unspecified atom stereocenters. The highest BCUT2D eigenvalue weighted by atomic mass is 79.9. The Labute approximate surface area is 198 Å². The summed E-state index contributed by atoms with van der Waals surface area (Å²) in [5.74, 6) is -0.643. The van der Waals surface area contributed by atoms with Crippen LogP contribution in [0.25, 0.3) is 6.08 Å². The molecule has 0 radical (unpaired) electrons. The number of carbonyl (C=O) groups is 2. The van der Waals surface area contributed by atoms with Crippen LogP contribution < -0.4 is 14.2 Å². The van der Waals surface area contributed by atoms with E-state index in [1.165, 1.54) is 19.1 Å². The van der Waals surface area contributed by atoms with Crippen molar-refractivity contribution in [1.82, 2.24) is 5.32 Å². The van der Waals surface area contributed by atoms with Gasteiger partial charge in [-0.1, -0.05) is 17.7 Å². The molecule has 1 aliphatic rings. The molecule has 2 aromatic rings. The zero-order valence-corrected chi connectivity index (χ0v) is 20.6. The third kappa shape index (κ3) is 5.78. The van der Waals surface area contributed by atoms with Gasteiger partial charge in [0.25, 0.3) is 5.91 Å². The van der Waals surface area contributed by atoms with Crippen LogP contribution in [0.4, 0.5) is 0 Å². The number of rotatable bonds is 6. The number of benzene rings is 2. The molecule has 8 nitrogen and oxygen atoms in total. The van der Waals surface area contributed by atoms with Gasteiger partial charge in [0, 0.05) is 6.92 Å². The molecule has 0 saturated heterocycles. The van der Waals surface area contributed by atoms with E-state index in [9.17, 15) is 18.0 Å². The molecular formula is C21H19BrN2O6S2. The first-order chi connectivity index (χ1) is 15.1. The Balaban J connectivity index is 1.93. The zero-order chi connectivity index (χ0) is 23.5. The van der Waals surface area contributed by atoms with E-state index in [1.807, 2.05) is 6.92 Å². The number of aliphatic imine (C=N–C) groups is 1. The van der Waals surface area contributed by atoms with Gasteiger partial charge in [-0.2, -0.15) is 13.4 Å². The lowest BCUT2D eigenvalue weighted by atomic mass is 10.2. The van der Waals surface area contributed by atoms with Crippen molar-refractivity contribution in [2.75, 3.05) is 6.61 Å². The average Bonchev–Trinajstić information content (AvgIpc) is 3.03. The molecule has 0 aromatic heterocycles. The molecule has 0 aliphatic carbocycles. The van der Waals surface area contributed by atoms with Crippen LogP contribution in [0.3, 0.4) is 0 Å². The average molecular weight is 539 g/mol. The number of amidine groups is 1. The number of nitrogens with zero attached hydrogens (tertiary/aromatic N) is 1. The van der Waals surface area contributed by atoms with Gasteiger partial charge in [-0.25, -0.2) is 0 Å². The quantitative estimate of drug-likeness (QED) is 0.436. The van der Waals surface area contributed by atoms with E-state index in [-0.39, 0.29) is 34.1 Å². The Bertz CT molecular complexity index is 1240. The molecule has 168 valence electrons. The molecule has 2 amide bonds. The highest BCUT2D eigenvalue weighted by Crippen LogP contribution is 2.40. The van der Waals surface area contributed by atoms with E-state index >= 15 is 0 Å². The van der Waals surface area contributed by atoms with Crippen molar-refractivity contribution in [2.45, 2.75) is 25.7 Å². The Morgan fingerprint density at radius 1 is 1.25 bits per heavy atom. The highest BCUT2D eigenvalue weighted by molar-refractivity contribution is 9.10. The van der Waals surface area contributed by atoms with Crippen molar-refractivity contribution < 1.29 is 26.9 Å². The maximum absolute atomic E-state index is 12.7. The van der Waals surface area contributed by atoms with E-state index in [1.54, 1.807) is 37.3 Å². The van der Waals surface area contributed by atoms with Crippen molar-refractivity contribution in [3.05, 3.63) is 56.9 Å². The van der Waals surface area contributed by atoms with Gasteiger partial charge in [0.15, 0.2) is 16.7 Å². The normalized spacial score (nSPS) is 14.9. The van der Waals surface area contributed by atoms with Crippen LogP contribution in [0, 0.1) is 6.92 Å². The second-order valence-corrected chi connectivity index (χ2v) is 10.1. The monoisotopic (exact) mass is 538 g/mol. The SMILES string of the molecule is CCOc1cc(/C=C2/SC(NC(C)=O)=NC2=O)cc(Br)c1OS(=O)(=O)c1ccc(C)cc1. The molecule has 3 rings (SSSR count). The summed E-state index contributed by atoms with van der Waals surface area (Å²) in [5.41, 5.74) is 1.47. The van der Waals surface area contributed by atoms with Crippen LogP contribution in [0.2, 0.25) is 0 Å². The maximum atomic E-state index is 12.7. The number of carbonyl (C=O) groups excluding carboxylic acids is 2. The van der Waals surface area contributed by atoms with E-state index in [0.29, 0.717) is 14.9 Å². The third-order valence-corrected chi connectivity index (χ3v) is 6.76.